The van der Waals surface area contributed by atoms with Crippen LogP contribution in [0.1, 0.15) is 72.1 Å². The molecule has 0 unspecified atom stereocenters. The summed E-state index contributed by atoms with van der Waals surface area (Å²) in [5.41, 5.74) is 1.68. The topological polar surface area (TPSA) is 43.4 Å². The highest BCUT2D eigenvalue weighted by Gasteiger charge is 2.57. The Hall–Kier alpha value is -1.12. The van der Waals surface area contributed by atoms with E-state index < -0.39 is 0 Å². The lowest BCUT2D eigenvalue weighted by Crippen LogP contribution is -2.53. The molecule has 0 bridgehead atoms. The first-order chi connectivity index (χ1) is 11.9. The van der Waals surface area contributed by atoms with Crippen LogP contribution in [0.2, 0.25) is 0 Å². The summed E-state index contributed by atoms with van der Waals surface area (Å²) in [5, 5.41) is 0. The molecule has 0 aromatic carbocycles. The van der Waals surface area contributed by atoms with Crippen molar-refractivity contribution in [2.45, 2.75) is 78.2 Å². The standard InChI is InChI=1S/C22H32O3/c1-14(24)25-17-6-9-22(3)16(11-17)4-5-18-19(22)7-8-21(2)12-15(13-23)10-20(18)21/h12-13,16-20H,4-11H2,1-3H3/t16-,17-,18+,19-,20-,21+,22-/m0/s1. The second kappa shape index (κ2) is 5.96. The Balaban J connectivity index is 1.54. The van der Waals surface area contributed by atoms with Gasteiger partial charge in [-0.25, -0.2) is 0 Å². The molecule has 4 aliphatic rings. The Kier molecular flexibility index (Phi) is 4.12. The third kappa shape index (κ3) is 2.69. The van der Waals surface area contributed by atoms with Gasteiger partial charge in [0.15, 0.2) is 0 Å². The van der Waals surface area contributed by atoms with Crippen molar-refractivity contribution in [2.24, 2.45) is 34.5 Å². The minimum atomic E-state index is -0.130. The lowest BCUT2D eigenvalue weighted by molar-refractivity contribution is -0.158. The van der Waals surface area contributed by atoms with Gasteiger partial charge in [-0.3, -0.25) is 9.59 Å². The summed E-state index contributed by atoms with van der Waals surface area (Å²) in [6.07, 6.45) is 12.9. The summed E-state index contributed by atoms with van der Waals surface area (Å²) in [6.45, 7) is 6.44. The third-order valence-electron chi connectivity index (χ3n) is 8.51. The van der Waals surface area contributed by atoms with E-state index in [1.165, 1.54) is 39.0 Å². The molecule has 0 N–H and O–H groups in total. The van der Waals surface area contributed by atoms with E-state index in [0.29, 0.717) is 17.3 Å². The Labute approximate surface area is 151 Å². The van der Waals surface area contributed by atoms with Gasteiger partial charge in [0.25, 0.3) is 0 Å². The zero-order chi connectivity index (χ0) is 17.8. The van der Waals surface area contributed by atoms with Crippen LogP contribution >= 0.6 is 0 Å². The predicted octanol–water partition coefficient (Wildman–Crippen LogP) is 4.70. The highest BCUT2D eigenvalue weighted by atomic mass is 16.5. The lowest BCUT2D eigenvalue weighted by Gasteiger charge is -2.60. The molecule has 3 fully saturated rings. The van der Waals surface area contributed by atoms with Crippen molar-refractivity contribution >= 4 is 12.3 Å². The van der Waals surface area contributed by atoms with Gasteiger partial charge in [0, 0.05) is 6.92 Å². The van der Waals surface area contributed by atoms with Crippen LogP contribution in [0.25, 0.3) is 0 Å². The minimum Gasteiger partial charge on any atom is -0.463 e. The molecule has 0 saturated heterocycles. The molecule has 0 aromatic rings. The molecule has 0 heterocycles. The molecule has 0 spiro atoms. The maximum absolute atomic E-state index is 11.4. The molecule has 0 amide bonds. The molecule has 138 valence electrons. The van der Waals surface area contributed by atoms with Gasteiger partial charge in [-0.2, -0.15) is 0 Å². The van der Waals surface area contributed by atoms with Crippen LogP contribution in [-0.4, -0.2) is 18.4 Å². The van der Waals surface area contributed by atoms with Gasteiger partial charge in [-0.05, 0) is 91.4 Å². The molecule has 0 aliphatic heterocycles. The molecule has 0 aromatic heterocycles. The maximum atomic E-state index is 11.4. The number of ether oxygens (including phenoxy) is 1. The summed E-state index contributed by atoms with van der Waals surface area (Å²) in [6, 6.07) is 0. The van der Waals surface area contributed by atoms with Crippen molar-refractivity contribution in [1.82, 2.24) is 0 Å². The predicted molar refractivity (Wildman–Crippen MR) is 96.8 cm³/mol. The summed E-state index contributed by atoms with van der Waals surface area (Å²) in [7, 11) is 0. The van der Waals surface area contributed by atoms with Crippen molar-refractivity contribution in [1.29, 1.82) is 0 Å². The van der Waals surface area contributed by atoms with E-state index in [1.54, 1.807) is 0 Å². The summed E-state index contributed by atoms with van der Waals surface area (Å²) < 4.78 is 5.55. The molecule has 3 saturated carbocycles. The number of aldehydes is 1. The Bertz CT molecular complexity index is 608. The van der Waals surface area contributed by atoms with Crippen LogP contribution in [0, 0.1) is 34.5 Å². The first-order valence-electron chi connectivity index (χ1n) is 10.2. The summed E-state index contributed by atoms with van der Waals surface area (Å²) in [5.74, 6) is 2.77. The van der Waals surface area contributed by atoms with Gasteiger partial charge >= 0.3 is 5.97 Å². The molecule has 4 rings (SSSR count). The monoisotopic (exact) mass is 344 g/mol. The number of rotatable bonds is 2. The highest BCUT2D eigenvalue weighted by Crippen LogP contribution is 2.65. The molecule has 3 nitrogen and oxygen atoms in total. The molecule has 4 aliphatic carbocycles. The fourth-order valence-corrected chi connectivity index (χ4v) is 7.29. The van der Waals surface area contributed by atoms with Crippen LogP contribution in [0.15, 0.2) is 11.6 Å². The van der Waals surface area contributed by atoms with E-state index in [-0.39, 0.29) is 17.5 Å². The van der Waals surface area contributed by atoms with Crippen molar-refractivity contribution in [3.8, 4) is 0 Å². The quantitative estimate of drug-likeness (QED) is 0.539. The maximum Gasteiger partial charge on any atom is 0.302 e. The van der Waals surface area contributed by atoms with Gasteiger partial charge < -0.3 is 4.74 Å². The van der Waals surface area contributed by atoms with Gasteiger partial charge in [-0.15, -0.1) is 0 Å². The van der Waals surface area contributed by atoms with E-state index >= 15 is 0 Å². The van der Waals surface area contributed by atoms with Gasteiger partial charge in [0.05, 0.1) is 0 Å². The largest absolute Gasteiger partial charge is 0.463 e. The molecule has 7 atom stereocenters. The average Bonchev–Trinajstić information content (AvgIpc) is 2.91. The van der Waals surface area contributed by atoms with E-state index in [4.69, 9.17) is 4.74 Å². The Morgan fingerprint density at radius 3 is 2.68 bits per heavy atom. The molecular formula is C22H32O3. The summed E-state index contributed by atoms with van der Waals surface area (Å²) in [4.78, 5) is 22.7. The van der Waals surface area contributed by atoms with Crippen molar-refractivity contribution in [3.05, 3.63) is 11.6 Å². The molecule has 25 heavy (non-hydrogen) atoms. The van der Waals surface area contributed by atoms with Crippen LogP contribution in [0.5, 0.6) is 0 Å². The Morgan fingerprint density at radius 2 is 1.96 bits per heavy atom. The number of fused-ring (bicyclic) bond motifs is 5. The van der Waals surface area contributed by atoms with Crippen molar-refractivity contribution in [2.75, 3.05) is 0 Å². The number of esters is 1. The highest BCUT2D eigenvalue weighted by molar-refractivity contribution is 5.74. The third-order valence-corrected chi connectivity index (χ3v) is 8.51. The second-order valence-electron chi connectivity index (χ2n) is 9.75. The van der Waals surface area contributed by atoms with Gasteiger partial charge in [0.1, 0.15) is 12.4 Å². The van der Waals surface area contributed by atoms with Gasteiger partial charge in [-0.1, -0.05) is 19.9 Å². The average molecular weight is 344 g/mol. The Morgan fingerprint density at radius 1 is 1.16 bits per heavy atom. The normalized spacial score (nSPS) is 48.6. The fourth-order valence-electron chi connectivity index (χ4n) is 7.29. The smallest absolute Gasteiger partial charge is 0.302 e. The zero-order valence-electron chi connectivity index (χ0n) is 15.9. The van der Waals surface area contributed by atoms with Gasteiger partial charge in [0.2, 0.25) is 0 Å². The minimum absolute atomic E-state index is 0.130. The van der Waals surface area contributed by atoms with Crippen molar-refractivity contribution in [3.63, 3.8) is 0 Å². The molecule has 0 radical (unpaired) electrons. The second-order valence-corrected chi connectivity index (χ2v) is 9.75. The van der Waals surface area contributed by atoms with E-state index in [0.717, 1.165) is 43.0 Å². The SMILES string of the molecule is CC(=O)O[C@H]1CC[C@@]2(C)[C@@H](CC[C@@H]3[C@@H]2CC[C@]2(C)C=C(C=O)C[C@@H]32)C1. The number of hydrogen-bond donors (Lipinski definition) is 0. The van der Waals surface area contributed by atoms with Crippen LogP contribution in [0.3, 0.4) is 0 Å². The summed E-state index contributed by atoms with van der Waals surface area (Å²) >= 11 is 0. The number of allylic oxidation sites excluding steroid dienone is 2. The van der Waals surface area contributed by atoms with E-state index in [9.17, 15) is 9.59 Å². The first kappa shape index (κ1) is 17.3. The van der Waals surface area contributed by atoms with E-state index in [1.807, 2.05) is 0 Å². The molecular weight excluding hydrogens is 312 g/mol. The number of hydrogen-bond acceptors (Lipinski definition) is 3. The first-order valence-corrected chi connectivity index (χ1v) is 10.2. The number of carbonyl (C=O) groups excluding carboxylic acids is 2. The lowest BCUT2D eigenvalue weighted by atomic mass is 9.45. The van der Waals surface area contributed by atoms with Crippen LogP contribution in [-0.2, 0) is 14.3 Å². The molecule has 3 heteroatoms. The van der Waals surface area contributed by atoms with Crippen molar-refractivity contribution < 1.29 is 14.3 Å². The van der Waals surface area contributed by atoms with Crippen LogP contribution in [0.4, 0.5) is 0 Å². The fraction of sp³-hybridized carbons (Fsp3) is 0.818. The van der Waals surface area contributed by atoms with Crippen LogP contribution < -0.4 is 0 Å². The van der Waals surface area contributed by atoms with E-state index in [2.05, 4.69) is 19.9 Å². The zero-order valence-corrected chi connectivity index (χ0v) is 15.9. The number of carbonyl (C=O) groups is 2.